The first kappa shape index (κ1) is 30.0. The third-order valence-electron chi connectivity index (χ3n) is 7.50. The van der Waals surface area contributed by atoms with E-state index in [1.54, 1.807) is 28.9 Å². The number of carbonyl (C=O) groups is 1. The van der Waals surface area contributed by atoms with Crippen LogP contribution in [-0.4, -0.2) is 77.8 Å². The number of rotatable bonds is 6. The number of pyridine rings is 1. The molecule has 0 radical (unpaired) electrons. The van der Waals surface area contributed by atoms with E-state index in [1.165, 1.54) is 50.5 Å². The van der Waals surface area contributed by atoms with Crippen LogP contribution in [-0.2, 0) is 14.8 Å². The second-order valence-electron chi connectivity index (χ2n) is 10.5. The van der Waals surface area contributed by atoms with E-state index in [9.17, 15) is 22.4 Å². The zero-order valence-electron chi connectivity index (χ0n) is 24.1. The number of nitrogens with zero attached hydrogens (tertiary/aromatic N) is 6. The van der Waals surface area contributed by atoms with E-state index in [2.05, 4.69) is 16.5 Å². The Morgan fingerprint density at radius 3 is 2.44 bits per heavy atom. The molecule has 2 aromatic carbocycles. The number of sulfonamides is 1. The van der Waals surface area contributed by atoms with E-state index in [4.69, 9.17) is 0 Å². The molecule has 1 fully saturated rings. The minimum Gasteiger partial charge on any atom is -0.350 e. The van der Waals surface area contributed by atoms with Crippen molar-refractivity contribution in [2.75, 3.05) is 38.6 Å². The average Bonchev–Trinajstić information content (AvgIpc) is 2.97. The second-order valence-corrected chi connectivity index (χ2v) is 12.6. The van der Waals surface area contributed by atoms with Crippen LogP contribution < -0.4 is 10.6 Å². The first-order valence-corrected chi connectivity index (χ1v) is 14.9. The highest BCUT2D eigenvalue weighted by Gasteiger charge is 2.32. The molecule has 224 valence electrons. The van der Waals surface area contributed by atoms with Gasteiger partial charge in [0.15, 0.2) is 5.65 Å². The molecule has 3 heterocycles. The molecule has 43 heavy (non-hydrogen) atoms. The van der Waals surface area contributed by atoms with Gasteiger partial charge in [-0.3, -0.25) is 4.79 Å². The van der Waals surface area contributed by atoms with Crippen LogP contribution in [0.15, 0.2) is 70.9 Å². The van der Waals surface area contributed by atoms with Crippen LogP contribution in [0.4, 0.5) is 14.6 Å². The van der Waals surface area contributed by atoms with Gasteiger partial charge in [0.05, 0.1) is 11.1 Å². The highest BCUT2D eigenvalue weighted by atomic mass is 32.2. The minimum absolute atomic E-state index is 0.00158. The van der Waals surface area contributed by atoms with E-state index in [0.717, 1.165) is 14.9 Å². The van der Waals surface area contributed by atoms with Crippen molar-refractivity contribution in [3.8, 4) is 16.9 Å². The van der Waals surface area contributed by atoms with Gasteiger partial charge in [0, 0.05) is 45.3 Å². The fourth-order valence-electron chi connectivity index (χ4n) is 5.29. The molecular weight excluding hydrogens is 578 g/mol. The average molecular weight is 609 g/mol. The van der Waals surface area contributed by atoms with Crippen LogP contribution in [0, 0.1) is 18.6 Å². The minimum atomic E-state index is -4.07. The van der Waals surface area contributed by atoms with Crippen molar-refractivity contribution in [3.63, 3.8) is 0 Å². The van der Waals surface area contributed by atoms with E-state index in [-0.39, 0.29) is 57.2 Å². The number of aromatic nitrogens is 3. The second kappa shape index (κ2) is 11.3. The van der Waals surface area contributed by atoms with Gasteiger partial charge in [0.25, 0.3) is 0 Å². The summed E-state index contributed by atoms with van der Waals surface area (Å²) in [7, 11) is -1.34. The first-order chi connectivity index (χ1) is 20.4. The number of anilines is 1. The van der Waals surface area contributed by atoms with Crippen molar-refractivity contribution in [1.29, 1.82) is 0 Å². The molecule has 1 aliphatic heterocycles. The number of para-hydroxylation sites is 1. The maximum Gasteiger partial charge on any atom is 0.355 e. The summed E-state index contributed by atoms with van der Waals surface area (Å²) in [6.07, 6.45) is 1.22. The number of benzene rings is 2. The topological polar surface area (TPSA) is 109 Å². The molecule has 0 saturated carbocycles. The molecule has 10 nitrogen and oxygen atoms in total. The lowest BCUT2D eigenvalue weighted by atomic mass is 10.1. The van der Waals surface area contributed by atoms with Crippen molar-refractivity contribution < 1.29 is 22.0 Å². The molecular formula is C30H30F2N6O4S. The van der Waals surface area contributed by atoms with Gasteiger partial charge in [-0.05, 0) is 49.8 Å². The van der Waals surface area contributed by atoms with Gasteiger partial charge in [0.1, 0.15) is 28.0 Å². The summed E-state index contributed by atoms with van der Waals surface area (Å²) in [6, 6.07) is 10.9. The Bertz CT molecular complexity index is 1940. The Morgan fingerprint density at radius 1 is 1.07 bits per heavy atom. The Kier molecular flexibility index (Phi) is 7.88. The zero-order valence-corrected chi connectivity index (χ0v) is 24.9. The fraction of sp³-hybridized carbons (Fsp3) is 0.267. The van der Waals surface area contributed by atoms with Crippen molar-refractivity contribution in [2.45, 2.75) is 24.8 Å². The molecule has 1 aliphatic rings. The maximum absolute atomic E-state index is 15.8. The summed E-state index contributed by atoms with van der Waals surface area (Å²) in [4.78, 5) is 38.2. The number of fused-ring (bicyclic) bond motifs is 1. The molecule has 0 spiro atoms. The SMILES string of the molecule is C=CC(=O)N1CCN(c2nc(=O)n(-c3c(C)cccc3S(=O)(=O)N(C)C)c3nc(-c4ccccc4F)c(F)cc23)[C@@H](C)C1. The van der Waals surface area contributed by atoms with Gasteiger partial charge < -0.3 is 9.80 Å². The Morgan fingerprint density at radius 2 is 1.79 bits per heavy atom. The summed E-state index contributed by atoms with van der Waals surface area (Å²) in [6.45, 7) is 7.87. The Labute approximate surface area is 247 Å². The maximum atomic E-state index is 15.8. The highest BCUT2D eigenvalue weighted by Crippen LogP contribution is 2.34. The lowest BCUT2D eigenvalue weighted by molar-refractivity contribution is -0.126. The van der Waals surface area contributed by atoms with E-state index in [1.807, 2.05) is 6.92 Å². The molecule has 1 amide bonds. The Hall–Kier alpha value is -4.49. The summed E-state index contributed by atoms with van der Waals surface area (Å²) < 4.78 is 59.5. The van der Waals surface area contributed by atoms with E-state index >= 15 is 4.39 Å². The number of piperazine rings is 1. The summed E-state index contributed by atoms with van der Waals surface area (Å²) in [5.41, 5.74) is -1.02. The monoisotopic (exact) mass is 608 g/mol. The molecule has 2 aromatic heterocycles. The lowest BCUT2D eigenvalue weighted by Gasteiger charge is -2.40. The van der Waals surface area contributed by atoms with Crippen LogP contribution in [0.1, 0.15) is 12.5 Å². The molecule has 4 aromatic rings. The van der Waals surface area contributed by atoms with Crippen LogP contribution in [0.2, 0.25) is 0 Å². The number of carbonyl (C=O) groups excluding carboxylic acids is 1. The van der Waals surface area contributed by atoms with Crippen molar-refractivity contribution in [1.82, 2.24) is 23.7 Å². The quantitative estimate of drug-likeness (QED) is 0.308. The number of hydrogen-bond donors (Lipinski definition) is 0. The molecule has 0 aliphatic carbocycles. The molecule has 1 saturated heterocycles. The molecule has 5 rings (SSSR count). The third kappa shape index (κ3) is 5.19. The Balaban J connectivity index is 1.85. The molecule has 1 atom stereocenters. The first-order valence-electron chi connectivity index (χ1n) is 13.5. The standard InChI is InChI=1S/C30H30F2N6O4S/c1-6-25(39)36-14-15-37(19(3)17-36)28-21-16-23(32)26(20-11-7-8-12-22(20)31)33-29(21)38(30(40)34-28)27-18(2)10-9-13-24(27)43(41,42)35(4)5/h6-13,16,19H,1,14-15,17H2,2-5H3/t19-/m0/s1. The highest BCUT2D eigenvalue weighted by molar-refractivity contribution is 7.89. The molecule has 0 bridgehead atoms. The van der Waals surface area contributed by atoms with Crippen LogP contribution in [0.25, 0.3) is 28.0 Å². The summed E-state index contributed by atoms with van der Waals surface area (Å²) >= 11 is 0. The van der Waals surface area contributed by atoms with Gasteiger partial charge in [-0.1, -0.05) is 30.8 Å². The van der Waals surface area contributed by atoms with Crippen LogP contribution in [0.3, 0.4) is 0 Å². The van der Waals surface area contributed by atoms with E-state index in [0.29, 0.717) is 18.7 Å². The number of halogens is 2. The zero-order chi connectivity index (χ0) is 31.2. The number of hydrogen-bond acceptors (Lipinski definition) is 7. The predicted octanol–water partition coefficient (Wildman–Crippen LogP) is 3.51. The summed E-state index contributed by atoms with van der Waals surface area (Å²) in [5, 5.41) is 0.115. The summed E-state index contributed by atoms with van der Waals surface area (Å²) in [5.74, 6) is -1.70. The van der Waals surface area contributed by atoms with Gasteiger partial charge in [-0.25, -0.2) is 35.8 Å². The van der Waals surface area contributed by atoms with Gasteiger partial charge >= 0.3 is 5.69 Å². The number of amides is 1. The van der Waals surface area contributed by atoms with E-state index < -0.39 is 27.3 Å². The molecule has 0 N–H and O–H groups in total. The smallest absolute Gasteiger partial charge is 0.350 e. The van der Waals surface area contributed by atoms with Gasteiger partial charge in [-0.2, -0.15) is 4.98 Å². The van der Waals surface area contributed by atoms with Crippen molar-refractivity contribution >= 4 is 32.8 Å². The lowest BCUT2D eigenvalue weighted by Crippen LogP contribution is -2.54. The van der Waals surface area contributed by atoms with Crippen molar-refractivity contribution in [3.05, 3.63) is 88.9 Å². The van der Waals surface area contributed by atoms with Gasteiger partial charge in [-0.15, -0.1) is 0 Å². The fourth-order valence-corrected chi connectivity index (χ4v) is 6.43. The van der Waals surface area contributed by atoms with Crippen LogP contribution in [0.5, 0.6) is 0 Å². The van der Waals surface area contributed by atoms with Gasteiger partial charge in [0.2, 0.25) is 15.9 Å². The molecule has 13 heteroatoms. The molecule has 0 unspecified atom stereocenters. The van der Waals surface area contributed by atoms with Crippen molar-refractivity contribution in [2.24, 2.45) is 0 Å². The predicted molar refractivity (Wildman–Crippen MR) is 160 cm³/mol. The normalized spacial score (nSPS) is 15.7. The third-order valence-corrected chi connectivity index (χ3v) is 9.35. The van der Waals surface area contributed by atoms with Crippen LogP contribution >= 0.6 is 0 Å². The largest absolute Gasteiger partial charge is 0.355 e. The number of aryl methyl sites for hydroxylation is 1.